The number of carbonyl (C=O) groups excluding carboxylic acids is 2. The molecular formula is C26H41N3O4. The van der Waals surface area contributed by atoms with Gasteiger partial charge >= 0.3 is 5.97 Å². The molecule has 0 aromatic heterocycles. The number of hydrogen-bond donors (Lipinski definition) is 4. The highest BCUT2D eigenvalue weighted by Gasteiger charge is 2.36. The molecule has 0 saturated heterocycles. The topological polar surface area (TPSA) is 108 Å². The van der Waals surface area contributed by atoms with Crippen LogP contribution in [0.2, 0.25) is 0 Å². The molecule has 7 nitrogen and oxygen atoms in total. The van der Waals surface area contributed by atoms with Gasteiger partial charge in [0.15, 0.2) is 0 Å². The Morgan fingerprint density at radius 1 is 0.909 bits per heavy atom. The van der Waals surface area contributed by atoms with Gasteiger partial charge in [0.05, 0.1) is 12.1 Å². The van der Waals surface area contributed by atoms with E-state index in [0.717, 1.165) is 5.56 Å². The predicted octanol–water partition coefficient (Wildman–Crippen LogP) is 3.60. The second-order valence-corrected chi connectivity index (χ2v) is 10.6. The Balaban J connectivity index is 3.00. The molecule has 0 aliphatic heterocycles. The molecule has 0 radical (unpaired) electrons. The number of benzene rings is 1. The van der Waals surface area contributed by atoms with E-state index in [2.05, 4.69) is 16.0 Å². The number of carboxylic acids is 1. The van der Waals surface area contributed by atoms with E-state index in [1.165, 1.54) is 6.92 Å². The van der Waals surface area contributed by atoms with Gasteiger partial charge in [0, 0.05) is 11.1 Å². The number of rotatable bonds is 10. The Morgan fingerprint density at radius 2 is 1.45 bits per heavy atom. The average Bonchev–Trinajstić information content (AvgIpc) is 2.70. The summed E-state index contributed by atoms with van der Waals surface area (Å²) in [6.07, 6.45) is 1.54. The van der Waals surface area contributed by atoms with Crippen molar-refractivity contribution in [2.75, 3.05) is 0 Å². The maximum absolute atomic E-state index is 13.2. The molecule has 33 heavy (non-hydrogen) atoms. The molecule has 0 aliphatic rings. The molecule has 0 saturated carbocycles. The predicted molar refractivity (Wildman–Crippen MR) is 132 cm³/mol. The third-order valence-corrected chi connectivity index (χ3v) is 5.67. The highest BCUT2D eigenvalue weighted by Crippen LogP contribution is 2.22. The first-order chi connectivity index (χ1) is 15.1. The summed E-state index contributed by atoms with van der Waals surface area (Å²) in [7, 11) is 0. The van der Waals surface area contributed by atoms with E-state index in [4.69, 9.17) is 0 Å². The van der Waals surface area contributed by atoms with Gasteiger partial charge < -0.3 is 15.7 Å². The average molecular weight is 460 g/mol. The van der Waals surface area contributed by atoms with Gasteiger partial charge in [0.25, 0.3) is 0 Å². The molecule has 0 fully saturated rings. The monoisotopic (exact) mass is 459 g/mol. The van der Waals surface area contributed by atoms with E-state index >= 15 is 0 Å². The Bertz CT molecular complexity index is 854. The second kappa shape index (κ2) is 11.5. The lowest BCUT2D eigenvalue weighted by Crippen LogP contribution is -2.59. The van der Waals surface area contributed by atoms with Gasteiger partial charge in [-0.25, -0.2) is 4.79 Å². The summed E-state index contributed by atoms with van der Waals surface area (Å²) in [5.41, 5.74) is 0.211. The molecule has 1 aromatic carbocycles. The van der Waals surface area contributed by atoms with Gasteiger partial charge in [-0.15, -0.1) is 0 Å². The number of hydrogen-bond acceptors (Lipinski definition) is 4. The van der Waals surface area contributed by atoms with Crippen LogP contribution in [0.15, 0.2) is 42.0 Å². The third kappa shape index (κ3) is 8.65. The van der Waals surface area contributed by atoms with Crippen LogP contribution in [0.1, 0.15) is 67.9 Å². The number of amides is 2. The molecule has 1 rings (SSSR count). The minimum Gasteiger partial charge on any atom is -0.478 e. The SMILES string of the molecule is C/C(=C\[C@H](NC(=O)[C@@H](NC(=O)C(C)NC(C)(C)c1ccccc1)C(C)(C)C)C(C)C)C(=O)O. The number of carboxylic acid groups (broad SMARTS) is 1. The van der Waals surface area contributed by atoms with Crippen LogP contribution in [0.4, 0.5) is 0 Å². The molecule has 2 amide bonds. The Morgan fingerprint density at radius 3 is 1.91 bits per heavy atom. The van der Waals surface area contributed by atoms with Crippen molar-refractivity contribution in [2.24, 2.45) is 11.3 Å². The Hall–Kier alpha value is -2.67. The molecule has 184 valence electrons. The van der Waals surface area contributed by atoms with Crippen molar-refractivity contribution < 1.29 is 19.5 Å². The molecule has 7 heteroatoms. The highest BCUT2D eigenvalue weighted by molar-refractivity contribution is 5.91. The summed E-state index contributed by atoms with van der Waals surface area (Å²) >= 11 is 0. The zero-order chi connectivity index (χ0) is 25.6. The van der Waals surface area contributed by atoms with Crippen LogP contribution in [0.5, 0.6) is 0 Å². The molecule has 1 aromatic rings. The lowest BCUT2D eigenvalue weighted by molar-refractivity contribution is -0.133. The Kier molecular flexibility index (Phi) is 9.85. The zero-order valence-electron chi connectivity index (χ0n) is 21.4. The lowest BCUT2D eigenvalue weighted by atomic mass is 9.85. The molecule has 0 heterocycles. The van der Waals surface area contributed by atoms with Crippen molar-refractivity contribution in [1.29, 1.82) is 0 Å². The van der Waals surface area contributed by atoms with Crippen molar-refractivity contribution in [1.82, 2.24) is 16.0 Å². The lowest BCUT2D eigenvalue weighted by Gasteiger charge is -2.35. The van der Waals surface area contributed by atoms with E-state index in [1.54, 1.807) is 13.0 Å². The van der Waals surface area contributed by atoms with Crippen LogP contribution in [-0.2, 0) is 19.9 Å². The quantitative estimate of drug-likeness (QED) is 0.400. The second-order valence-electron chi connectivity index (χ2n) is 10.6. The van der Waals surface area contributed by atoms with E-state index < -0.39 is 35.0 Å². The number of aliphatic carboxylic acids is 1. The van der Waals surface area contributed by atoms with Crippen LogP contribution in [0, 0.1) is 11.3 Å². The summed E-state index contributed by atoms with van der Waals surface area (Å²) in [6.45, 7) is 16.7. The van der Waals surface area contributed by atoms with Crippen LogP contribution < -0.4 is 16.0 Å². The van der Waals surface area contributed by atoms with Crippen molar-refractivity contribution >= 4 is 17.8 Å². The molecule has 0 bridgehead atoms. The molecule has 3 atom stereocenters. The first kappa shape index (κ1) is 28.4. The van der Waals surface area contributed by atoms with Crippen LogP contribution >= 0.6 is 0 Å². The van der Waals surface area contributed by atoms with Crippen LogP contribution in [-0.4, -0.2) is 41.0 Å². The first-order valence-electron chi connectivity index (χ1n) is 11.4. The summed E-state index contributed by atoms with van der Waals surface area (Å²) in [4.78, 5) is 37.5. The van der Waals surface area contributed by atoms with Gasteiger partial charge in [0.2, 0.25) is 11.8 Å². The van der Waals surface area contributed by atoms with Crippen molar-refractivity contribution in [3.8, 4) is 0 Å². The van der Waals surface area contributed by atoms with Crippen molar-refractivity contribution in [3.63, 3.8) is 0 Å². The van der Waals surface area contributed by atoms with E-state index in [0.29, 0.717) is 0 Å². The summed E-state index contributed by atoms with van der Waals surface area (Å²) in [6, 6.07) is 8.04. The number of carbonyl (C=O) groups is 3. The minimum atomic E-state index is -1.03. The standard InChI is InChI=1S/C26H41N3O4/c1-16(2)20(15-17(3)24(32)33)27-23(31)21(25(5,6)7)28-22(30)18(4)29-26(8,9)19-13-11-10-12-14-19/h10-16,18,20-21,29H,1-9H3,(H,27,31)(H,28,30)(H,32,33)/b17-15+/t18?,20-,21+/m0/s1. The molecule has 0 spiro atoms. The van der Waals surface area contributed by atoms with Gasteiger partial charge in [0.1, 0.15) is 6.04 Å². The van der Waals surface area contributed by atoms with Gasteiger partial charge in [-0.2, -0.15) is 0 Å². The van der Waals surface area contributed by atoms with Gasteiger partial charge in [-0.3, -0.25) is 14.9 Å². The van der Waals surface area contributed by atoms with Crippen molar-refractivity contribution in [3.05, 3.63) is 47.5 Å². The highest BCUT2D eigenvalue weighted by atomic mass is 16.4. The fourth-order valence-corrected chi connectivity index (χ4v) is 3.48. The zero-order valence-corrected chi connectivity index (χ0v) is 21.4. The fraction of sp³-hybridized carbons (Fsp3) is 0.577. The molecule has 1 unspecified atom stereocenters. The maximum atomic E-state index is 13.2. The Labute approximate surface area is 198 Å². The van der Waals surface area contributed by atoms with E-state index in [9.17, 15) is 19.5 Å². The number of nitrogens with one attached hydrogen (secondary N) is 3. The minimum absolute atomic E-state index is 0.0215. The molecule has 4 N–H and O–H groups in total. The molecular weight excluding hydrogens is 418 g/mol. The van der Waals surface area contributed by atoms with E-state index in [1.807, 2.05) is 78.8 Å². The van der Waals surface area contributed by atoms with E-state index in [-0.39, 0.29) is 23.3 Å². The summed E-state index contributed by atoms with van der Waals surface area (Å²) < 4.78 is 0. The smallest absolute Gasteiger partial charge is 0.331 e. The summed E-state index contributed by atoms with van der Waals surface area (Å²) in [5.74, 6) is -1.69. The maximum Gasteiger partial charge on any atom is 0.331 e. The largest absolute Gasteiger partial charge is 0.478 e. The normalized spacial score (nSPS) is 15.5. The van der Waals surface area contributed by atoms with Gasteiger partial charge in [-0.1, -0.05) is 71.0 Å². The van der Waals surface area contributed by atoms with Gasteiger partial charge in [-0.05, 0) is 44.6 Å². The summed E-state index contributed by atoms with van der Waals surface area (Å²) in [5, 5.41) is 18.4. The van der Waals surface area contributed by atoms with Crippen LogP contribution in [0.3, 0.4) is 0 Å². The third-order valence-electron chi connectivity index (χ3n) is 5.67. The first-order valence-corrected chi connectivity index (χ1v) is 11.4. The van der Waals surface area contributed by atoms with Crippen molar-refractivity contribution in [2.45, 2.75) is 86.0 Å². The molecule has 0 aliphatic carbocycles. The van der Waals surface area contributed by atoms with Crippen LogP contribution in [0.25, 0.3) is 0 Å². The fourth-order valence-electron chi connectivity index (χ4n) is 3.48.